The number of hydrogen-bond donors (Lipinski definition) is 2. The second-order valence-electron chi connectivity index (χ2n) is 6.35. The van der Waals surface area contributed by atoms with E-state index in [1.807, 2.05) is 44.2 Å². The lowest BCUT2D eigenvalue weighted by atomic mass is 10.2. The number of para-hydroxylation sites is 2. The lowest BCUT2D eigenvalue weighted by Crippen LogP contribution is -2.34. The molecule has 7 heteroatoms. The number of ether oxygens (including phenoxy) is 2. The Kier molecular flexibility index (Phi) is 8.47. The van der Waals surface area contributed by atoms with Gasteiger partial charge in [-0.15, -0.1) is 0 Å². The fraction of sp³-hybridized carbons (Fsp3) is 0.238. The molecule has 5 nitrogen and oxygen atoms in total. The van der Waals surface area contributed by atoms with E-state index in [0.29, 0.717) is 41.9 Å². The molecule has 0 bridgehead atoms. The number of amides is 1. The summed E-state index contributed by atoms with van der Waals surface area (Å²) in [4.78, 5) is 12.7. The van der Waals surface area contributed by atoms with Crippen molar-refractivity contribution in [3.05, 3.63) is 65.2 Å². The van der Waals surface area contributed by atoms with Crippen LogP contribution in [0, 0.1) is 5.92 Å². The van der Waals surface area contributed by atoms with E-state index in [-0.39, 0.29) is 11.0 Å². The number of hydrogen-bond acceptors (Lipinski definition) is 4. The average Bonchev–Trinajstić information content (AvgIpc) is 2.66. The number of anilines is 1. The van der Waals surface area contributed by atoms with E-state index in [4.69, 9.17) is 21.7 Å². The van der Waals surface area contributed by atoms with Gasteiger partial charge in [-0.25, -0.2) is 0 Å². The van der Waals surface area contributed by atoms with Gasteiger partial charge in [0.05, 0.1) is 17.9 Å². The standard InChI is InChI=1S/C21H23BrN2O3S/c1-4-11-26-19-8-6-5-7-17(19)23-21(28)24-20(25)16-12-15(22)9-10-18(16)27-13-14(2)3/h4-10,12,14H,1,11,13H2,2-3H3,(H2,23,24,25,28). The highest BCUT2D eigenvalue weighted by Crippen LogP contribution is 2.25. The Hall–Kier alpha value is -2.38. The van der Waals surface area contributed by atoms with Crippen molar-refractivity contribution in [2.24, 2.45) is 5.92 Å². The zero-order valence-electron chi connectivity index (χ0n) is 15.8. The molecule has 2 aromatic rings. The summed E-state index contributed by atoms with van der Waals surface area (Å²) < 4.78 is 12.1. The van der Waals surface area contributed by atoms with Crippen molar-refractivity contribution in [3.8, 4) is 11.5 Å². The highest BCUT2D eigenvalue weighted by atomic mass is 79.9. The van der Waals surface area contributed by atoms with Crippen LogP contribution in [0.1, 0.15) is 24.2 Å². The van der Waals surface area contributed by atoms with Gasteiger partial charge in [0.1, 0.15) is 18.1 Å². The maximum Gasteiger partial charge on any atom is 0.261 e. The van der Waals surface area contributed by atoms with E-state index in [0.717, 1.165) is 4.47 Å². The lowest BCUT2D eigenvalue weighted by Gasteiger charge is -2.16. The first-order valence-electron chi connectivity index (χ1n) is 8.78. The topological polar surface area (TPSA) is 59.6 Å². The molecule has 0 aromatic heterocycles. The highest BCUT2D eigenvalue weighted by Gasteiger charge is 2.16. The fourth-order valence-electron chi connectivity index (χ4n) is 2.23. The molecule has 0 saturated heterocycles. The van der Waals surface area contributed by atoms with Gasteiger partial charge in [0.2, 0.25) is 0 Å². The van der Waals surface area contributed by atoms with Gasteiger partial charge in [-0.05, 0) is 48.5 Å². The number of halogens is 1. The lowest BCUT2D eigenvalue weighted by molar-refractivity contribution is 0.0973. The molecule has 1 amide bonds. The van der Waals surface area contributed by atoms with E-state index >= 15 is 0 Å². The Morgan fingerprint density at radius 1 is 1.21 bits per heavy atom. The molecule has 0 aliphatic carbocycles. The third kappa shape index (κ3) is 6.65. The summed E-state index contributed by atoms with van der Waals surface area (Å²) in [6, 6.07) is 12.6. The van der Waals surface area contributed by atoms with Gasteiger partial charge < -0.3 is 14.8 Å². The van der Waals surface area contributed by atoms with Crippen LogP contribution in [0.4, 0.5) is 5.69 Å². The molecular weight excluding hydrogens is 440 g/mol. The van der Waals surface area contributed by atoms with Crippen molar-refractivity contribution >= 4 is 44.9 Å². The molecule has 28 heavy (non-hydrogen) atoms. The van der Waals surface area contributed by atoms with Crippen LogP contribution in [-0.2, 0) is 0 Å². The zero-order valence-corrected chi connectivity index (χ0v) is 18.2. The molecule has 2 rings (SSSR count). The molecule has 0 atom stereocenters. The number of rotatable bonds is 8. The normalized spacial score (nSPS) is 10.3. The largest absolute Gasteiger partial charge is 0.492 e. The molecule has 148 valence electrons. The molecule has 0 radical (unpaired) electrons. The van der Waals surface area contributed by atoms with Gasteiger partial charge >= 0.3 is 0 Å². The molecule has 0 saturated carbocycles. The van der Waals surface area contributed by atoms with E-state index < -0.39 is 0 Å². The van der Waals surface area contributed by atoms with Crippen LogP contribution in [0.15, 0.2) is 59.6 Å². The number of carbonyl (C=O) groups excluding carboxylic acids is 1. The first-order valence-corrected chi connectivity index (χ1v) is 9.98. The minimum atomic E-state index is -0.359. The number of nitrogens with one attached hydrogen (secondary N) is 2. The van der Waals surface area contributed by atoms with Crippen molar-refractivity contribution in [1.29, 1.82) is 0 Å². The summed E-state index contributed by atoms with van der Waals surface area (Å²) in [5, 5.41) is 5.84. The predicted molar refractivity (Wildman–Crippen MR) is 120 cm³/mol. The molecule has 2 N–H and O–H groups in total. The summed E-state index contributed by atoms with van der Waals surface area (Å²) in [6.45, 7) is 8.61. The SMILES string of the molecule is C=CCOc1ccccc1NC(=S)NC(=O)c1cc(Br)ccc1OCC(C)C. The highest BCUT2D eigenvalue weighted by molar-refractivity contribution is 9.10. The predicted octanol–water partition coefficient (Wildman–Crippen LogP) is 5.18. The Morgan fingerprint density at radius 2 is 1.96 bits per heavy atom. The smallest absolute Gasteiger partial charge is 0.261 e. The van der Waals surface area contributed by atoms with Gasteiger partial charge in [0, 0.05) is 4.47 Å². The summed E-state index contributed by atoms with van der Waals surface area (Å²) in [5.41, 5.74) is 1.05. The summed E-state index contributed by atoms with van der Waals surface area (Å²) in [6.07, 6.45) is 1.66. The summed E-state index contributed by atoms with van der Waals surface area (Å²) in [7, 11) is 0. The number of thiocarbonyl (C=S) groups is 1. The van der Waals surface area contributed by atoms with E-state index in [1.54, 1.807) is 18.2 Å². The van der Waals surface area contributed by atoms with Crippen LogP contribution < -0.4 is 20.1 Å². The van der Waals surface area contributed by atoms with Gasteiger partial charge in [0.25, 0.3) is 5.91 Å². The monoisotopic (exact) mass is 462 g/mol. The van der Waals surface area contributed by atoms with Crippen LogP contribution in [0.25, 0.3) is 0 Å². The van der Waals surface area contributed by atoms with Gasteiger partial charge in [0.15, 0.2) is 5.11 Å². The minimum Gasteiger partial charge on any atom is -0.492 e. The summed E-state index contributed by atoms with van der Waals surface area (Å²) in [5.74, 6) is 1.10. The molecular formula is C21H23BrN2O3S. The van der Waals surface area contributed by atoms with Crippen LogP contribution >= 0.6 is 28.1 Å². The Labute approximate surface area is 179 Å². The molecule has 0 aliphatic rings. The second kappa shape index (κ2) is 10.8. The Balaban J connectivity index is 2.10. The van der Waals surface area contributed by atoms with Crippen LogP contribution in [0.5, 0.6) is 11.5 Å². The van der Waals surface area contributed by atoms with E-state index in [2.05, 4.69) is 33.1 Å². The van der Waals surface area contributed by atoms with Crippen molar-refractivity contribution in [2.75, 3.05) is 18.5 Å². The molecule has 0 fully saturated rings. The van der Waals surface area contributed by atoms with E-state index in [1.165, 1.54) is 0 Å². The van der Waals surface area contributed by atoms with Crippen LogP contribution in [-0.4, -0.2) is 24.2 Å². The van der Waals surface area contributed by atoms with Gasteiger partial charge in [-0.2, -0.15) is 0 Å². The van der Waals surface area contributed by atoms with Gasteiger partial charge in [-0.3, -0.25) is 10.1 Å². The molecule has 0 spiro atoms. The Morgan fingerprint density at radius 3 is 2.68 bits per heavy atom. The fourth-order valence-corrected chi connectivity index (χ4v) is 2.79. The molecule has 0 aliphatic heterocycles. The molecule has 0 heterocycles. The van der Waals surface area contributed by atoms with E-state index in [9.17, 15) is 4.79 Å². The number of benzene rings is 2. The third-order valence-electron chi connectivity index (χ3n) is 3.48. The average molecular weight is 463 g/mol. The second-order valence-corrected chi connectivity index (χ2v) is 7.67. The zero-order chi connectivity index (χ0) is 20.5. The Bertz CT molecular complexity index is 855. The summed E-state index contributed by atoms with van der Waals surface area (Å²) >= 11 is 8.69. The quantitative estimate of drug-likeness (QED) is 0.418. The third-order valence-corrected chi connectivity index (χ3v) is 4.17. The molecule has 0 unspecified atom stereocenters. The first kappa shape index (κ1) is 21.9. The van der Waals surface area contributed by atoms with Crippen molar-refractivity contribution in [3.63, 3.8) is 0 Å². The maximum atomic E-state index is 12.7. The van der Waals surface area contributed by atoms with Crippen LogP contribution in [0.2, 0.25) is 0 Å². The van der Waals surface area contributed by atoms with Crippen molar-refractivity contribution in [1.82, 2.24) is 5.32 Å². The minimum absolute atomic E-state index is 0.162. The first-order chi connectivity index (χ1) is 13.4. The van der Waals surface area contributed by atoms with Gasteiger partial charge in [-0.1, -0.05) is 54.6 Å². The van der Waals surface area contributed by atoms with Crippen molar-refractivity contribution < 1.29 is 14.3 Å². The van der Waals surface area contributed by atoms with Crippen LogP contribution in [0.3, 0.4) is 0 Å². The maximum absolute atomic E-state index is 12.7. The number of carbonyl (C=O) groups is 1. The van der Waals surface area contributed by atoms with Crippen molar-refractivity contribution in [2.45, 2.75) is 13.8 Å². The molecule has 2 aromatic carbocycles.